The van der Waals surface area contributed by atoms with Crippen LogP contribution < -0.4 is 11.0 Å². The normalized spacial score (nSPS) is 12.3. The molecule has 5 aromatic rings. The van der Waals surface area contributed by atoms with E-state index in [9.17, 15) is 9.59 Å². The molecule has 33 heavy (non-hydrogen) atoms. The van der Waals surface area contributed by atoms with Crippen LogP contribution in [-0.2, 0) is 17.9 Å². The third-order valence-electron chi connectivity index (χ3n) is 6.25. The van der Waals surface area contributed by atoms with Gasteiger partial charge in [-0.15, -0.1) is 0 Å². The van der Waals surface area contributed by atoms with Gasteiger partial charge >= 0.3 is 5.69 Å². The number of rotatable bonds is 7. The number of benzene rings is 3. The Bertz CT molecular complexity index is 1480. The van der Waals surface area contributed by atoms with Gasteiger partial charge in [-0.05, 0) is 36.2 Å². The minimum absolute atomic E-state index is 0.0122. The number of aromatic nitrogens is 3. The van der Waals surface area contributed by atoms with E-state index in [0.29, 0.717) is 13.1 Å². The molecule has 0 unspecified atom stereocenters. The van der Waals surface area contributed by atoms with Crippen molar-refractivity contribution >= 4 is 27.8 Å². The molecule has 3 aromatic carbocycles. The molecule has 2 aromatic heterocycles. The summed E-state index contributed by atoms with van der Waals surface area (Å²) in [6.07, 6.45) is 2.02. The van der Waals surface area contributed by atoms with Gasteiger partial charge in [0.05, 0.1) is 11.0 Å². The van der Waals surface area contributed by atoms with Crippen LogP contribution in [0.2, 0.25) is 0 Å². The molecule has 0 saturated carbocycles. The fraction of sp³-hybridized carbons (Fsp3) is 0.185. The first-order chi connectivity index (χ1) is 16.2. The van der Waals surface area contributed by atoms with E-state index < -0.39 is 0 Å². The zero-order valence-corrected chi connectivity index (χ0v) is 18.5. The number of fused-ring (bicyclic) bond motifs is 2. The molecule has 0 fully saturated rings. The molecule has 2 heterocycles. The number of H-pyrrole nitrogens is 1. The molecule has 6 heteroatoms. The van der Waals surface area contributed by atoms with Crippen LogP contribution in [-0.4, -0.2) is 26.6 Å². The van der Waals surface area contributed by atoms with Gasteiger partial charge in [-0.25, -0.2) is 4.79 Å². The summed E-state index contributed by atoms with van der Waals surface area (Å²) in [5.41, 5.74) is 4.79. The average Bonchev–Trinajstić information content (AvgIpc) is 3.39. The van der Waals surface area contributed by atoms with E-state index in [2.05, 4.69) is 34.6 Å². The molecular weight excluding hydrogens is 412 g/mol. The van der Waals surface area contributed by atoms with Gasteiger partial charge in [0, 0.05) is 36.1 Å². The van der Waals surface area contributed by atoms with E-state index >= 15 is 0 Å². The quantitative estimate of drug-likeness (QED) is 0.399. The molecule has 1 atom stereocenters. The molecule has 0 aliphatic carbocycles. The van der Waals surface area contributed by atoms with Crippen molar-refractivity contribution in [3.05, 3.63) is 107 Å². The van der Waals surface area contributed by atoms with Crippen molar-refractivity contribution < 1.29 is 4.79 Å². The van der Waals surface area contributed by atoms with Crippen LogP contribution in [0.15, 0.2) is 89.9 Å². The van der Waals surface area contributed by atoms with E-state index in [4.69, 9.17) is 0 Å². The van der Waals surface area contributed by atoms with Crippen molar-refractivity contribution in [2.45, 2.75) is 25.9 Å². The maximum atomic E-state index is 13.0. The summed E-state index contributed by atoms with van der Waals surface area (Å²) >= 11 is 0. The Labute approximate surface area is 191 Å². The summed E-state index contributed by atoms with van der Waals surface area (Å²) in [6, 6.07) is 25.9. The lowest BCUT2D eigenvalue weighted by atomic mass is 9.91. The number of nitrogens with zero attached hydrogens (tertiary/aromatic N) is 2. The van der Waals surface area contributed by atoms with Crippen LogP contribution in [0, 0.1) is 0 Å². The number of aromatic amines is 1. The maximum Gasteiger partial charge on any atom is 0.329 e. The van der Waals surface area contributed by atoms with Crippen LogP contribution >= 0.6 is 0 Å². The third-order valence-corrected chi connectivity index (χ3v) is 6.25. The van der Waals surface area contributed by atoms with Crippen molar-refractivity contribution in [3.8, 4) is 0 Å². The van der Waals surface area contributed by atoms with Crippen LogP contribution in [0.5, 0.6) is 0 Å². The van der Waals surface area contributed by atoms with E-state index in [-0.39, 0.29) is 24.1 Å². The van der Waals surface area contributed by atoms with Gasteiger partial charge in [0.15, 0.2) is 0 Å². The molecule has 0 aliphatic heterocycles. The highest BCUT2D eigenvalue weighted by Gasteiger charge is 2.20. The molecule has 1 amide bonds. The SMILES string of the molecule is CCn1c(=O)n(CC(=O)NC[C@@H](c2ccccc2)c2c[nH]c3ccccc23)c2ccccc21. The predicted octanol–water partition coefficient (Wildman–Crippen LogP) is 4.25. The Morgan fingerprint density at radius 2 is 1.58 bits per heavy atom. The highest BCUT2D eigenvalue weighted by atomic mass is 16.2. The zero-order valence-electron chi connectivity index (χ0n) is 18.5. The van der Waals surface area contributed by atoms with Gasteiger partial charge in [0.25, 0.3) is 0 Å². The van der Waals surface area contributed by atoms with Gasteiger partial charge in [-0.1, -0.05) is 60.7 Å². The van der Waals surface area contributed by atoms with E-state index in [1.54, 1.807) is 9.13 Å². The fourth-order valence-corrected chi connectivity index (χ4v) is 4.62. The molecule has 6 nitrogen and oxygen atoms in total. The van der Waals surface area contributed by atoms with E-state index in [1.807, 2.05) is 67.7 Å². The Hall–Kier alpha value is -4.06. The summed E-state index contributed by atoms with van der Waals surface area (Å²) in [5.74, 6) is -0.197. The minimum Gasteiger partial charge on any atom is -0.361 e. The first kappa shape index (κ1) is 20.8. The summed E-state index contributed by atoms with van der Waals surface area (Å²) in [6.45, 7) is 2.92. The highest BCUT2D eigenvalue weighted by molar-refractivity contribution is 5.85. The molecular formula is C27H26N4O2. The second-order valence-corrected chi connectivity index (χ2v) is 8.16. The number of carbonyl (C=O) groups excluding carboxylic acids is 1. The van der Waals surface area contributed by atoms with Gasteiger partial charge in [-0.2, -0.15) is 0 Å². The first-order valence-electron chi connectivity index (χ1n) is 11.2. The molecule has 5 rings (SSSR count). The second-order valence-electron chi connectivity index (χ2n) is 8.16. The van der Waals surface area contributed by atoms with Crippen molar-refractivity contribution in [2.24, 2.45) is 0 Å². The Balaban J connectivity index is 1.42. The van der Waals surface area contributed by atoms with Crippen LogP contribution in [0.1, 0.15) is 24.0 Å². The van der Waals surface area contributed by atoms with Crippen molar-refractivity contribution in [1.82, 2.24) is 19.4 Å². The smallest absolute Gasteiger partial charge is 0.329 e. The standard InChI is InChI=1S/C27H26N4O2/c1-2-30-24-14-8-9-15-25(24)31(27(30)33)18-26(32)29-16-21(19-10-4-3-5-11-19)22-17-28-23-13-7-6-12-20(22)23/h3-15,17,21,28H,2,16,18H2,1H3,(H,29,32)/t21-/m0/s1. The van der Waals surface area contributed by atoms with Crippen LogP contribution in [0.25, 0.3) is 21.9 Å². The van der Waals surface area contributed by atoms with Crippen LogP contribution in [0.3, 0.4) is 0 Å². The molecule has 2 N–H and O–H groups in total. The Morgan fingerprint density at radius 3 is 2.33 bits per heavy atom. The number of imidazole rings is 1. The Morgan fingerprint density at radius 1 is 0.909 bits per heavy atom. The lowest BCUT2D eigenvalue weighted by Gasteiger charge is -2.18. The van der Waals surface area contributed by atoms with Crippen LogP contribution in [0.4, 0.5) is 0 Å². The minimum atomic E-state index is -0.183. The molecule has 0 radical (unpaired) electrons. The second kappa shape index (κ2) is 8.82. The largest absolute Gasteiger partial charge is 0.361 e. The number of carbonyl (C=O) groups is 1. The molecule has 0 spiro atoms. The number of amides is 1. The van der Waals surface area contributed by atoms with Gasteiger partial charge in [0.2, 0.25) is 5.91 Å². The average molecular weight is 439 g/mol. The lowest BCUT2D eigenvalue weighted by Crippen LogP contribution is -2.35. The lowest BCUT2D eigenvalue weighted by molar-refractivity contribution is -0.121. The summed E-state index contributed by atoms with van der Waals surface area (Å²) in [5, 5.41) is 4.22. The molecule has 0 saturated heterocycles. The highest BCUT2D eigenvalue weighted by Crippen LogP contribution is 2.30. The number of aryl methyl sites for hydroxylation is 1. The van der Waals surface area contributed by atoms with Gasteiger partial charge in [-0.3, -0.25) is 13.9 Å². The topological polar surface area (TPSA) is 71.8 Å². The fourth-order valence-electron chi connectivity index (χ4n) is 4.62. The van der Waals surface area contributed by atoms with Gasteiger partial charge < -0.3 is 10.3 Å². The molecule has 166 valence electrons. The van der Waals surface area contributed by atoms with Gasteiger partial charge in [0.1, 0.15) is 6.54 Å². The van der Waals surface area contributed by atoms with Crippen molar-refractivity contribution in [3.63, 3.8) is 0 Å². The third kappa shape index (κ3) is 3.84. The van der Waals surface area contributed by atoms with Crippen molar-refractivity contribution in [2.75, 3.05) is 6.54 Å². The number of para-hydroxylation sites is 3. The monoisotopic (exact) mass is 438 g/mol. The summed E-state index contributed by atoms with van der Waals surface area (Å²) in [4.78, 5) is 29.2. The number of hydrogen-bond acceptors (Lipinski definition) is 2. The van der Waals surface area contributed by atoms with E-state index in [1.165, 1.54) is 0 Å². The van der Waals surface area contributed by atoms with E-state index in [0.717, 1.165) is 33.1 Å². The predicted molar refractivity (Wildman–Crippen MR) is 131 cm³/mol. The molecule has 0 bridgehead atoms. The first-order valence-corrected chi connectivity index (χ1v) is 11.2. The summed E-state index contributed by atoms with van der Waals surface area (Å²) < 4.78 is 3.25. The Kier molecular flexibility index (Phi) is 5.57. The zero-order chi connectivity index (χ0) is 22.8. The number of hydrogen-bond donors (Lipinski definition) is 2. The summed E-state index contributed by atoms with van der Waals surface area (Å²) in [7, 11) is 0. The molecule has 0 aliphatic rings. The number of nitrogens with one attached hydrogen (secondary N) is 2. The van der Waals surface area contributed by atoms with Crippen molar-refractivity contribution in [1.29, 1.82) is 0 Å². The maximum absolute atomic E-state index is 13.0.